The first-order chi connectivity index (χ1) is 20.9. The maximum Gasteiger partial charge on any atom is 0.335 e. The number of carbonyl (C=O) groups excluding carboxylic acids is 3. The van der Waals surface area contributed by atoms with E-state index in [1.807, 2.05) is 53.1 Å². The summed E-state index contributed by atoms with van der Waals surface area (Å²) in [6.45, 7) is 2.00. The van der Waals surface area contributed by atoms with Gasteiger partial charge in [-0.1, -0.05) is 48.5 Å². The number of nitrogens with zero attached hydrogens (tertiary/aromatic N) is 3. The lowest BCUT2D eigenvalue weighted by Crippen LogP contribution is -2.68. The number of fused-ring (bicyclic) bond motifs is 5. The van der Waals surface area contributed by atoms with E-state index in [1.54, 1.807) is 43.5 Å². The van der Waals surface area contributed by atoms with Crippen molar-refractivity contribution in [2.75, 3.05) is 31.6 Å². The molecule has 4 amide bonds. The number of hydrogen-bond acceptors (Lipinski definition) is 6. The lowest BCUT2D eigenvalue weighted by atomic mass is 9.75. The summed E-state index contributed by atoms with van der Waals surface area (Å²) in [6, 6.07) is 25.1. The van der Waals surface area contributed by atoms with Crippen LogP contribution in [0.4, 0.5) is 10.5 Å². The minimum absolute atomic E-state index is 0.00329. The predicted octanol–water partition coefficient (Wildman–Crippen LogP) is 3.94. The van der Waals surface area contributed by atoms with Gasteiger partial charge in [0.05, 0.1) is 12.8 Å². The number of methoxy groups -OCH3 is 1. The third-order valence-corrected chi connectivity index (χ3v) is 9.22. The standard InChI is InChI=1S/C34H32N4O5/c1-43-27-14-12-26(13-15-27)38-32(41)34(31(40)35-33(38)42,17-24-8-4-7-23-6-2-3-9-28(23)24)21-36-18-22-16-25(20-36)29-10-5-11-30(39)37(29)19-22/h2-15,22,25H,16-21H2,1H3,(H,35,40,42)/t22-,25+,34?/m1/s1. The van der Waals surface area contributed by atoms with E-state index in [0.717, 1.165) is 33.4 Å². The molecule has 7 rings (SSSR count). The smallest absolute Gasteiger partial charge is 0.335 e. The lowest BCUT2D eigenvalue weighted by molar-refractivity contribution is -0.144. The van der Waals surface area contributed by atoms with Crippen LogP contribution < -0.4 is 20.5 Å². The Morgan fingerprint density at radius 3 is 2.44 bits per heavy atom. The number of ether oxygens (including phenoxy) is 1. The molecule has 0 spiro atoms. The number of barbiturate groups is 1. The number of nitrogens with one attached hydrogen (secondary N) is 1. The Kier molecular flexibility index (Phi) is 6.62. The van der Waals surface area contributed by atoms with Crippen molar-refractivity contribution in [3.8, 4) is 5.75 Å². The zero-order chi connectivity index (χ0) is 29.7. The quantitative estimate of drug-likeness (QED) is 0.349. The number of rotatable bonds is 6. The van der Waals surface area contributed by atoms with Gasteiger partial charge in [0.1, 0.15) is 11.2 Å². The molecule has 2 bridgehead atoms. The lowest BCUT2D eigenvalue weighted by Gasteiger charge is -2.47. The van der Waals surface area contributed by atoms with Gasteiger partial charge in [-0.05, 0) is 65.4 Å². The molecule has 4 heterocycles. The van der Waals surface area contributed by atoms with E-state index in [0.29, 0.717) is 31.1 Å². The number of aromatic nitrogens is 1. The highest BCUT2D eigenvalue weighted by atomic mass is 16.5. The van der Waals surface area contributed by atoms with Crippen LogP contribution in [0.15, 0.2) is 89.7 Å². The monoisotopic (exact) mass is 576 g/mol. The fraction of sp³-hybridized carbons (Fsp3) is 0.294. The van der Waals surface area contributed by atoms with Crippen molar-refractivity contribution in [1.29, 1.82) is 0 Å². The average molecular weight is 577 g/mol. The maximum atomic E-state index is 14.7. The zero-order valence-electron chi connectivity index (χ0n) is 23.9. The molecule has 0 radical (unpaired) electrons. The molecule has 2 fully saturated rings. The van der Waals surface area contributed by atoms with Gasteiger partial charge in [0, 0.05) is 43.9 Å². The van der Waals surface area contributed by atoms with E-state index in [9.17, 15) is 19.2 Å². The Labute approximate surface area is 248 Å². The van der Waals surface area contributed by atoms with E-state index < -0.39 is 23.3 Å². The van der Waals surface area contributed by atoms with Crippen molar-refractivity contribution in [3.05, 3.63) is 107 Å². The third kappa shape index (κ3) is 4.60. The van der Waals surface area contributed by atoms with Gasteiger partial charge >= 0.3 is 6.03 Å². The molecule has 4 aromatic rings. The molecule has 9 nitrogen and oxygen atoms in total. The van der Waals surface area contributed by atoms with Crippen LogP contribution in [0.5, 0.6) is 5.75 Å². The molecule has 3 atom stereocenters. The van der Waals surface area contributed by atoms with Gasteiger partial charge in [-0.2, -0.15) is 0 Å². The summed E-state index contributed by atoms with van der Waals surface area (Å²) in [5.41, 5.74) is 0.649. The molecule has 1 unspecified atom stereocenters. The van der Waals surface area contributed by atoms with E-state index in [2.05, 4.69) is 10.2 Å². The normalized spacial score (nSPS) is 23.7. The molecule has 2 saturated heterocycles. The molecule has 43 heavy (non-hydrogen) atoms. The average Bonchev–Trinajstić information content (AvgIpc) is 3.01. The molecule has 3 aliphatic rings. The van der Waals surface area contributed by atoms with E-state index in [-0.39, 0.29) is 30.4 Å². The number of anilines is 1. The number of hydrogen-bond donors (Lipinski definition) is 1. The molecular formula is C34H32N4O5. The van der Waals surface area contributed by atoms with Crippen LogP contribution in [0.2, 0.25) is 0 Å². The summed E-state index contributed by atoms with van der Waals surface area (Å²) in [4.78, 5) is 57.8. The topological polar surface area (TPSA) is 101 Å². The number of imide groups is 2. The molecule has 9 heteroatoms. The van der Waals surface area contributed by atoms with Crippen LogP contribution in [0.3, 0.4) is 0 Å². The van der Waals surface area contributed by atoms with Crippen LogP contribution in [-0.4, -0.2) is 54.1 Å². The first-order valence-corrected chi connectivity index (χ1v) is 14.6. The Morgan fingerprint density at radius 1 is 0.860 bits per heavy atom. The van der Waals surface area contributed by atoms with Gasteiger partial charge in [0.15, 0.2) is 0 Å². The van der Waals surface area contributed by atoms with Crippen molar-refractivity contribution >= 4 is 34.3 Å². The highest BCUT2D eigenvalue weighted by Crippen LogP contribution is 2.40. The summed E-state index contributed by atoms with van der Waals surface area (Å²) in [5, 5.41) is 4.50. The van der Waals surface area contributed by atoms with Gasteiger partial charge in [-0.15, -0.1) is 0 Å². The van der Waals surface area contributed by atoms with Crippen LogP contribution in [0, 0.1) is 11.3 Å². The van der Waals surface area contributed by atoms with Gasteiger partial charge in [0.25, 0.3) is 11.5 Å². The largest absolute Gasteiger partial charge is 0.497 e. The molecule has 3 aliphatic heterocycles. The molecule has 0 aliphatic carbocycles. The van der Waals surface area contributed by atoms with Crippen LogP contribution in [0.25, 0.3) is 10.8 Å². The molecule has 0 saturated carbocycles. The predicted molar refractivity (Wildman–Crippen MR) is 162 cm³/mol. The van der Waals surface area contributed by atoms with Crippen molar-refractivity contribution < 1.29 is 19.1 Å². The summed E-state index contributed by atoms with van der Waals surface area (Å²) >= 11 is 0. The zero-order valence-corrected chi connectivity index (χ0v) is 23.9. The minimum atomic E-state index is -1.57. The van der Waals surface area contributed by atoms with Gasteiger partial charge < -0.3 is 14.2 Å². The molecular weight excluding hydrogens is 544 g/mol. The Balaban J connectivity index is 1.30. The number of benzene rings is 3. The number of urea groups is 1. The minimum Gasteiger partial charge on any atom is -0.497 e. The Morgan fingerprint density at radius 2 is 1.63 bits per heavy atom. The number of pyridine rings is 1. The highest BCUT2D eigenvalue weighted by molar-refractivity contribution is 6.30. The summed E-state index contributed by atoms with van der Waals surface area (Å²) in [7, 11) is 1.55. The van der Waals surface area contributed by atoms with Gasteiger partial charge in [-0.25, -0.2) is 9.69 Å². The SMILES string of the molecule is COc1ccc(N2C(=O)NC(=O)C(Cc3cccc4ccccc34)(CN3C[C@H]4C[C@@H](C3)c3cccc(=O)n3C4)C2=O)cc1. The summed E-state index contributed by atoms with van der Waals surface area (Å²) in [6.07, 6.45) is 1.08. The van der Waals surface area contributed by atoms with Crippen LogP contribution in [0.1, 0.15) is 23.6 Å². The van der Waals surface area contributed by atoms with Crippen LogP contribution in [-0.2, 0) is 22.6 Å². The van der Waals surface area contributed by atoms with Crippen LogP contribution >= 0.6 is 0 Å². The fourth-order valence-corrected chi connectivity index (χ4v) is 7.27. The summed E-state index contributed by atoms with van der Waals surface area (Å²) < 4.78 is 7.14. The molecule has 1 aromatic heterocycles. The maximum absolute atomic E-state index is 14.7. The fourth-order valence-electron chi connectivity index (χ4n) is 7.27. The second-order valence-electron chi connectivity index (χ2n) is 11.9. The number of piperidine rings is 1. The number of carbonyl (C=O) groups is 3. The van der Waals surface area contributed by atoms with Crippen molar-refractivity contribution in [1.82, 2.24) is 14.8 Å². The number of amides is 4. The van der Waals surface area contributed by atoms with Crippen molar-refractivity contribution in [2.45, 2.75) is 25.3 Å². The third-order valence-electron chi connectivity index (χ3n) is 9.22. The Bertz CT molecular complexity index is 1810. The second-order valence-corrected chi connectivity index (χ2v) is 11.9. The van der Waals surface area contributed by atoms with Gasteiger partial charge in [-0.3, -0.25) is 19.7 Å². The van der Waals surface area contributed by atoms with Crippen molar-refractivity contribution in [3.63, 3.8) is 0 Å². The first-order valence-electron chi connectivity index (χ1n) is 14.6. The molecule has 3 aromatic carbocycles. The molecule has 1 N–H and O–H groups in total. The van der Waals surface area contributed by atoms with Gasteiger partial charge in [0.2, 0.25) is 5.91 Å². The first kappa shape index (κ1) is 27.1. The number of likely N-dealkylation sites (tertiary alicyclic amines) is 1. The van der Waals surface area contributed by atoms with E-state index in [1.165, 1.54) is 0 Å². The Hall–Kier alpha value is -4.76. The second kappa shape index (κ2) is 10.5. The summed E-state index contributed by atoms with van der Waals surface area (Å²) in [5.74, 6) is -0.232. The molecule has 218 valence electrons. The highest BCUT2D eigenvalue weighted by Gasteiger charge is 2.56. The van der Waals surface area contributed by atoms with E-state index >= 15 is 0 Å². The van der Waals surface area contributed by atoms with E-state index in [4.69, 9.17) is 4.74 Å². The van der Waals surface area contributed by atoms with Crippen molar-refractivity contribution in [2.24, 2.45) is 11.3 Å².